The fourth-order valence-corrected chi connectivity index (χ4v) is 3.75. The lowest BCUT2D eigenvalue weighted by Gasteiger charge is -2.34. The van der Waals surface area contributed by atoms with E-state index in [0.29, 0.717) is 0 Å². The molecule has 24 heavy (non-hydrogen) atoms. The number of aryl methyl sites for hydroxylation is 1. The van der Waals surface area contributed by atoms with Crippen LogP contribution in [-0.2, 0) is 17.6 Å². The van der Waals surface area contributed by atoms with Crippen LogP contribution >= 0.6 is 0 Å². The Hall–Kier alpha value is -2.62. The molecule has 1 aliphatic carbocycles. The summed E-state index contributed by atoms with van der Waals surface area (Å²) < 4.78 is 0. The summed E-state index contributed by atoms with van der Waals surface area (Å²) in [5.74, 6) is -0.130. The van der Waals surface area contributed by atoms with Crippen LogP contribution in [0.25, 0.3) is 0 Å². The van der Waals surface area contributed by atoms with Crippen molar-refractivity contribution in [2.45, 2.75) is 25.7 Å². The molecule has 2 aliphatic rings. The van der Waals surface area contributed by atoms with E-state index in [-0.39, 0.29) is 18.4 Å². The van der Waals surface area contributed by atoms with E-state index in [0.717, 1.165) is 41.8 Å². The molecule has 0 bridgehead atoms. The third-order valence-electron chi connectivity index (χ3n) is 5.07. The molecular weight excluding hydrogens is 300 g/mol. The fraction of sp³-hybridized carbons (Fsp3) is 0.300. The number of hydrogen-bond donors (Lipinski definition) is 0. The lowest BCUT2D eigenvalue weighted by Crippen LogP contribution is -2.46. The maximum atomic E-state index is 13.2. The first kappa shape index (κ1) is 14.9. The largest absolute Gasteiger partial charge is 0.312 e. The van der Waals surface area contributed by atoms with Crippen molar-refractivity contribution in [1.82, 2.24) is 0 Å². The van der Waals surface area contributed by atoms with Gasteiger partial charge in [0.1, 0.15) is 6.54 Å². The maximum Gasteiger partial charge on any atom is 0.259 e. The van der Waals surface area contributed by atoms with E-state index >= 15 is 0 Å². The number of hydrogen-bond acceptors (Lipinski definition) is 2. The standard InChI is InChI=1S/C20H20N2O2/c1-21-17-11-4-5-12-18(17)22(13-19(21)23)20(24)16-10-6-8-14-7-2-3-9-15(14)16/h4-6,8,10-12H,2-3,7,9,13H2,1H3. The molecule has 1 aliphatic heterocycles. The van der Waals surface area contributed by atoms with Crippen LogP contribution in [0.1, 0.15) is 34.3 Å². The molecule has 4 nitrogen and oxygen atoms in total. The van der Waals surface area contributed by atoms with Gasteiger partial charge in [0.05, 0.1) is 11.4 Å². The number of likely N-dealkylation sites (N-methyl/N-ethyl adjacent to an activating group) is 1. The zero-order chi connectivity index (χ0) is 16.7. The van der Waals surface area contributed by atoms with Crippen molar-refractivity contribution < 1.29 is 9.59 Å². The third-order valence-corrected chi connectivity index (χ3v) is 5.07. The Bertz CT molecular complexity index is 828. The van der Waals surface area contributed by atoms with E-state index in [1.165, 1.54) is 12.0 Å². The quantitative estimate of drug-likeness (QED) is 0.809. The molecule has 0 N–H and O–H groups in total. The van der Waals surface area contributed by atoms with Gasteiger partial charge in [0, 0.05) is 12.6 Å². The highest BCUT2D eigenvalue weighted by Gasteiger charge is 2.32. The van der Waals surface area contributed by atoms with Gasteiger partial charge in [0.2, 0.25) is 5.91 Å². The van der Waals surface area contributed by atoms with Gasteiger partial charge in [-0.05, 0) is 55.0 Å². The van der Waals surface area contributed by atoms with Crippen LogP contribution in [-0.4, -0.2) is 25.4 Å². The molecule has 0 spiro atoms. The summed E-state index contributed by atoms with van der Waals surface area (Å²) in [6, 6.07) is 13.6. The molecule has 2 aromatic carbocycles. The summed E-state index contributed by atoms with van der Waals surface area (Å²) in [6.45, 7) is 0.0933. The molecule has 0 unspecified atom stereocenters. The average Bonchev–Trinajstić information content (AvgIpc) is 2.63. The Morgan fingerprint density at radius 2 is 1.71 bits per heavy atom. The zero-order valence-corrected chi connectivity index (χ0v) is 13.8. The highest BCUT2D eigenvalue weighted by molar-refractivity contribution is 6.16. The molecule has 2 aromatic rings. The Morgan fingerprint density at radius 1 is 0.958 bits per heavy atom. The monoisotopic (exact) mass is 320 g/mol. The molecule has 1 heterocycles. The Balaban J connectivity index is 1.78. The van der Waals surface area contributed by atoms with Crippen LogP contribution in [0.15, 0.2) is 42.5 Å². The molecule has 0 fully saturated rings. The smallest absolute Gasteiger partial charge is 0.259 e. The number of carbonyl (C=O) groups is 2. The SMILES string of the molecule is CN1C(=O)CN(C(=O)c2cccc3c2CCCC3)c2ccccc21. The van der Waals surface area contributed by atoms with Crippen molar-refractivity contribution in [2.75, 3.05) is 23.4 Å². The third kappa shape index (κ3) is 2.30. The minimum Gasteiger partial charge on any atom is -0.312 e. The van der Waals surface area contributed by atoms with Gasteiger partial charge in [-0.1, -0.05) is 24.3 Å². The second-order valence-corrected chi connectivity index (χ2v) is 6.48. The summed E-state index contributed by atoms with van der Waals surface area (Å²) >= 11 is 0. The van der Waals surface area contributed by atoms with E-state index in [2.05, 4.69) is 6.07 Å². The predicted octanol–water partition coefficient (Wildman–Crippen LogP) is 3.19. The second-order valence-electron chi connectivity index (χ2n) is 6.48. The number of amides is 2. The Morgan fingerprint density at radius 3 is 2.54 bits per heavy atom. The summed E-state index contributed by atoms with van der Waals surface area (Å²) in [4.78, 5) is 28.8. The van der Waals surface area contributed by atoms with Crippen molar-refractivity contribution >= 4 is 23.2 Å². The van der Waals surface area contributed by atoms with Crippen molar-refractivity contribution in [3.05, 3.63) is 59.2 Å². The Kier molecular flexibility index (Phi) is 3.60. The van der Waals surface area contributed by atoms with Crippen LogP contribution < -0.4 is 9.80 Å². The van der Waals surface area contributed by atoms with Gasteiger partial charge in [-0.2, -0.15) is 0 Å². The number of carbonyl (C=O) groups excluding carboxylic acids is 2. The summed E-state index contributed by atoms with van der Waals surface area (Å²) in [5, 5.41) is 0. The molecule has 0 aromatic heterocycles. The zero-order valence-electron chi connectivity index (χ0n) is 13.8. The van der Waals surface area contributed by atoms with E-state index in [9.17, 15) is 9.59 Å². The summed E-state index contributed by atoms with van der Waals surface area (Å²) in [5.41, 5.74) is 4.78. The number of nitrogens with zero attached hydrogens (tertiary/aromatic N) is 2. The average molecular weight is 320 g/mol. The summed E-state index contributed by atoms with van der Waals surface area (Å²) in [6.07, 6.45) is 4.28. The molecule has 4 rings (SSSR count). The van der Waals surface area contributed by atoms with Crippen molar-refractivity contribution in [1.29, 1.82) is 0 Å². The molecule has 2 amide bonds. The number of para-hydroxylation sites is 2. The van der Waals surface area contributed by atoms with Gasteiger partial charge in [-0.15, -0.1) is 0 Å². The van der Waals surface area contributed by atoms with Crippen molar-refractivity contribution in [3.8, 4) is 0 Å². The lowest BCUT2D eigenvalue weighted by atomic mass is 9.87. The normalized spacial score (nSPS) is 16.6. The fourth-order valence-electron chi connectivity index (χ4n) is 3.75. The van der Waals surface area contributed by atoms with Crippen LogP contribution in [0.3, 0.4) is 0 Å². The van der Waals surface area contributed by atoms with E-state index < -0.39 is 0 Å². The second kappa shape index (κ2) is 5.78. The first-order chi connectivity index (χ1) is 11.7. The lowest BCUT2D eigenvalue weighted by molar-refractivity contribution is -0.117. The Labute approximate surface area is 141 Å². The van der Waals surface area contributed by atoms with Crippen LogP contribution in [0.2, 0.25) is 0 Å². The number of benzene rings is 2. The number of anilines is 2. The minimum atomic E-state index is -0.0670. The first-order valence-corrected chi connectivity index (χ1v) is 8.45. The molecule has 0 radical (unpaired) electrons. The van der Waals surface area contributed by atoms with E-state index in [4.69, 9.17) is 0 Å². The summed E-state index contributed by atoms with van der Waals surface area (Å²) in [7, 11) is 1.76. The van der Waals surface area contributed by atoms with E-state index in [1.54, 1.807) is 16.8 Å². The highest BCUT2D eigenvalue weighted by atomic mass is 16.2. The van der Waals surface area contributed by atoms with Crippen molar-refractivity contribution in [2.24, 2.45) is 0 Å². The minimum absolute atomic E-state index is 0.0631. The van der Waals surface area contributed by atoms with Gasteiger partial charge in [-0.3, -0.25) is 14.5 Å². The molecule has 0 saturated carbocycles. The van der Waals surface area contributed by atoms with Crippen LogP contribution in [0, 0.1) is 0 Å². The molecule has 0 atom stereocenters. The molecule has 122 valence electrons. The number of fused-ring (bicyclic) bond motifs is 2. The van der Waals surface area contributed by atoms with Gasteiger partial charge in [0.15, 0.2) is 0 Å². The van der Waals surface area contributed by atoms with Crippen molar-refractivity contribution in [3.63, 3.8) is 0 Å². The number of rotatable bonds is 1. The van der Waals surface area contributed by atoms with Crippen LogP contribution in [0.5, 0.6) is 0 Å². The van der Waals surface area contributed by atoms with Crippen LogP contribution in [0.4, 0.5) is 11.4 Å². The van der Waals surface area contributed by atoms with Gasteiger partial charge in [-0.25, -0.2) is 0 Å². The maximum absolute atomic E-state index is 13.2. The van der Waals surface area contributed by atoms with Gasteiger partial charge < -0.3 is 4.90 Å². The van der Waals surface area contributed by atoms with Gasteiger partial charge in [0.25, 0.3) is 5.91 Å². The predicted molar refractivity (Wildman–Crippen MR) is 94.6 cm³/mol. The van der Waals surface area contributed by atoms with E-state index in [1.807, 2.05) is 36.4 Å². The highest BCUT2D eigenvalue weighted by Crippen LogP contribution is 2.34. The topological polar surface area (TPSA) is 40.6 Å². The first-order valence-electron chi connectivity index (χ1n) is 8.45. The van der Waals surface area contributed by atoms with Gasteiger partial charge >= 0.3 is 0 Å². The molecule has 0 saturated heterocycles. The molecule has 4 heteroatoms. The molecular formula is C20H20N2O2.